The average Bonchev–Trinajstić information content (AvgIpc) is 2.17. The van der Waals surface area contributed by atoms with Crippen LogP contribution in [0.1, 0.15) is 5.56 Å². The minimum absolute atomic E-state index is 0.0314. The van der Waals surface area contributed by atoms with E-state index in [4.69, 9.17) is 21.0 Å². The maximum atomic E-state index is 8.73. The first-order valence-electron chi connectivity index (χ1n) is 3.67. The molecule has 1 rings (SSSR count). The molecule has 0 aliphatic heterocycles. The van der Waals surface area contributed by atoms with Gasteiger partial charge in [-0.1, -0.05) is 0 Å². The number of hydrogen-bond donors (Lipinski definition) is 3. The molecule has 0 amide bonds. The summed E-state index contributed by atoms with van der Waals surface area (Å²) < 4.78 is 4.91. The van der Waals surface area contributed by atoms with Crippen LogP contribution in [-0.4, -0.2) is 29.5 Å². The Labute approximate surface area is 75.7 Å². The summed E-state index contributed by atoms with van der Waals surface area (Å²) in [5.41, 5.74) is 5.94. The quantitative estimate of drug-likeness (QED) is 0.574. The van der Waals surface area contributed by atoms with E-state index in [0.29, 0.717) is 11.3 Å². The second kappa shape index (κ2) is 3.86. The van der Waals surface area contributed by atoms with Gasteiger partial charge in [0, 0.05) is 5.56 Å². The van der Waals surface area contributed by atoms with Crippen LogP contribution in [-0.2, 0) is 0 Å². The van der Waals surface area contributed by atoms with Gasteiger partial charge >= 0.3 is 0 Å². The van der Waals surface area contributed by atoms with Gasteiger partial charge in [0.25, 0.3) is 0 Å². The Bertz CT molecular complexity index is 325. The smallest absolute Gasteiger partial charge is 0.137 e. The number of anilines is 1. The van der Waals surface area contributed by atoms with Gasteiger partial charge in [0.15, 0.2) is 0 Å². The van der Waals surface area contributed by atoms with Crippen molar-refractivity contribution in [3.8, 4) is 5.75 Å². The number of nitrogen functional groups attached to an aromatic ring is 1. The molecule has 0 aromatic carbocycles. The molecule has 0 saturated heterocycles. The summed E-state index contributed by atoms with van der Waals surface area (Å²) in [6.07, 6.45) is 1.46. The summed E-state index contributed by atoms with van der Waals surface area (Å²) in [7, 11) is 1.50. The monoisotopic (exact) mass is 181 g/mol. The molecule has 1 heterocycles. The number of nitrogens with one attached hydrogen (secondary N) is 1. The van der Waals surface area contributed by atoms with Gasteiger partial charge in [-0.05, 0) is 6.07 Å². The van der Waals surface area contributed by atoms with E-state index in [1.54, 1.807) is 6.07 Å². The van der Waals surface area contributed by atoms with Crippen molar-refractivity contribution >= 4 is 11.5 Å². The number of aliphatic hydroxyl groups excluding tert-OH is 1. The van der Waals surface area contributed by atoms with Crippen LogP contribution in [0.2, 0.25) is 0 Å². The lowest BCUT2D eigenvalue weighted by molar-refractivity contribution is 0.357. The lowest BCUT2D eigenvalue weighted by Gasteiger charge is -2.06. The van der Waals surface area contributed by atoms with E-state index >= 15 is 0 Å². The van der Waals surface area contributed by atoms with Gasteiger partial charge in [-0.3, -0.25) is 0 Å². The van der Waals surface area contributed by atoms with Gasteiger partial charge in [0.1, 0.15) is 11.6 Å². The van der Waals surface area contributed by atoms with Gasteiger partial charge in [0.2, 0.25) is 0 Å². The highest BCUT2D eigenvalue weighted by Crippen LogP contribution is 2.16. The van der Waals surface area contributed by atoms with Gasteiger partial charge in [-0.2, -0.15) is 0 Å². The van der Waals surface area contributed by atoms with E-state index in [2.05, 4.69) is 4.98 Å². The number of pyridine rings is 1. The van der Waals surface area contributed by atoms with Crippen LogP contribution in [0.25, 0.3) is 0 Å². The van der Waals surface area contributed by atoms with E-state index in [0.717, 1.165) is 0 Å². The molecule has 0 aliphatic carbocycles. The standard InChI is InChI=1S/C8H11N3O2/c1-13-5-2-6(7(9)4-12)8(10)11-3-5/h2-3,9,12H,4H2,1H3,(H2,10,11). The van der Waals surface area contributed by atoms with Crippen LogP contribution in [0.4, 0.5) is 5.82 Å². The highest BCUT2D eigenvalue weighted by molar-refractivity contribution is 6.02. The van der Waals surface area contributed by atoms with Gasteiger partial charge in [-0.15, -0.1) is 0 Å². The molecule has 0 radical (unpaired) electrons. The van der Waals surface area contributed by atoms with E-state index in [1.807, 2.05) is 0 Å². The van der Waals surface area contributed by atoms with Crippen LogP contribution in [0, 0.1) is 5.41 Å². The fraction of sp³-hybridized carbons (Fsp3) is 0.250. The van der Waals surface area contributed by atoms with Crippen LogP contribution < -0.4 is 10.5 Å². The SMILES string of the molecule is COc1cnc(N)c(C(=N)CO)c1. The van der Waals surface area contributed by atoms with E-state index in [1.165, 1.54) is 13.3 Å². The van der Waals surface area contributed by atoms with Crippen molar-refractivity contribution in [2.75, 3.05) is 19.5 Å². The number of aromatic nitrogens is 1. The molecule has 0 bridgehead atoms. The third-order valence-corrected chi connectivity index (χ3v) is 1.61. The third kappa shape index (κ3) is 1.94. The topological polar surface area (TPSA) is 92.2 Å². The number of nitrogens with two attached hydrogens (primary N) is 1. The Balaban J connectivity index is 3.11. The molecule has 0 atom stereocenters. The minimum Gasteiger partial charge on any atom is -0.495 e. The molecule has 70 valence electrons. The maximum absolute atomic E-state index is 8.73. The summed E-state index contributed by atoms with van der Waals surface area (Å²) in [5, 5.41) is 16.1. The third-order valence-electron chi connectivity index (χ3n) is 1.61. The van der Waals surface area contributed by atoms with Crippen molar-refractivity contribution in [2.24, 2.45) is 0 Å². The second-order valence-corrected chi connectivity index (χ2v) is 2.44. The minimum atomic E-state index is -0.362. The zero-order valence-electron chi connectivity index (χ0n) is 7.24. The number of nitrogens with zero attached hydrogens (tertiary/aromatic N) is 1. The number of ether oxygens (including phenoxy) is 1. The molecule has 4 N–H and O–H groups in total. The van der Waals surface area contributed by atoms with E-state index in [9.17, 15) is 0 Å². The van der Waals surface area contributed by atoms with Gasteiger partial charge < -0.3 is 21.0 Å². The lowest BCUT2D eigenvalue weighted by Crippen LogP contribution is -2.09. The fourth-order valence-electron chi connectivity index (χ4n) is 0.895. The summed E-state index contributed by atoms with van der Waals surface area (Å²) >= 11 is 0. The number of hydrogen-bond acceptors (Lipinski definition) is 5. The first-order valence-corrected chi connectivity index (χ1v) is 3.67. The molecule has 0 fully saturated rings. The normalized spacial score (nSPS) is 9.69. The first-order chi connectivity index (χ1) is 6.19. The predicted octanol–water partition coefficient (Wildman–Crippen LogP) is 0.0326. The summed E-state index contributed by atoms with van der Waals surface area (Å²) in [5.74, 6) is 0.738. The zero-order valence-corrected chi connectivity index (χ0v) is 7.24. The molecule has 1 aromatic heterocycles. The largest absolute Gasteiger partial charge is 0.495 e. The maximum Gasteiger partial charge on any atom is 0.137 e. The van der Waals surface area contributed by atoms with Crippen LogP contribution in [0.3, 0.4) is 0 Å². The molecule has 0 aliphatic rings. The Kier molecular flexibility index (Phi) is 2.81. The Morgan fingerprint density at radius 2 is 2.46 bits per heavy atom. The fourth-order valence-corrected chi connectivity index (χ4v) is 0.895. The Hall–Kier alpha value is -1.62. The Morgan fingerprint density at radius 1 is 1.77 bits per heavy atom. The number of methoxy groups -OCH3 is 1. The van der Waals surface area contributed by atoms with Crippen molar-refractivity contribution < 1.29 is 9.84 Å². The molecular formula is C8H11N3O2. The molecule has 5 heteroatoms. The predicted molar refractivity (Wildman–Crippen MR) is 49.1 cm³/mol. The summed E-state index contributed by atoms with van der Waals surface area (Å²) in [4.78, 5) is 3.82. The summed E-state index contributed by atoms with van der Waals surface area (Å²) in [6.45, 7) is -0.362. The molecule has 1 aromatic rings. The molecule has 0 saturated carbocycles. The average molecular weight is 181 g/mol. The number of aliphatic hydroxyl groups is 1. The summed E-state index contributed by atoms with van der Waals surface area (Å²) in [6, 6.07) is 1.57. The number of rotatable bonds is 3. The zero-order chi connectivity index (χ0) is 9.84. The van der Waals surface area contributed by atoms with Crippen molar-refractivity contribution in [3.63, 3.8) is 0 Å². The molecule has 13 heavy (non-hydrogen) atoms. The van der Waals surface area contributed by atoms with Crippen molar-refractivity contribution in [1.82, 2.24) is 4.98 Å². The molecular weight excluding hydrogens is 170 g/mol. The first kappa shape index (κ1) is 9.47. The highest BCUT2D eigenvalue weighted by Gasteiger charge is 2.07. The van der Waals surface area contributed by atoms with E-state index < -0.39 is 0 Å². The second-order valence-electron chi connectivity index (χ2n) is 2.44. The van der Waals surface area contributed by atoms with Crippen LogP contribution in [0.15, 0.2) is 12.3 Å². The van der Waals surface area contributed by atoms with Crippen molar-refractivity contribution in [2.45, 2.75) is 0 Å². The Morgan fingerprint density at radius 3 is 3.00 bits per heavy atom. The van der Waals surface area contributed by atoms with Crippen LogP contribution in [0.5, 0.6) is 5.75 Å². The highest BCUT2D eigenvalue weighted by atomic mass is 16.5. The van der Waals surface area contributed by atoms with Crippen molar-refractivity contribution in [3.05, 3.63) is 17.8 Å². The van der Waals surface area contributed by atoms with Gasteiger partial charge in [0.05, 0.1) is 25.6 Å². The molecule has 0 spiro atoms. The van der Waals surface area contributed by atoms with E-state index in [-0.39, 0.29) is 18.1 Å². The van der Waals surface area contributed by atoms with Gasteiger partial charge in [-0.25, -0.2) is 4.98 Å². The lowest BCUT2D eigenvalue weighted by atomic mass is 10.1. The molecule has 5 nitrogen and oxygen atoms in total. The van der Waals surface area contributed by atoms with Crippen LogP contribution >= 0.6 is 0 Å². The molecule has 0 unspecified atom stereocenters. The van der Waals surface area contributed by atoms with Crippen molar-refractivity contribution in [1.29, 1.82) is 5.41 Å².